The lowest BCUT2D eigenvalue weighted by Crippen LogP contribution is -1.91. The molecule has 100 valence electrons. The summed E-state index contributed by atoms with van der Waals surface area (Å²) in [7, 11) is 0. The second kappa shape index (κ2) is 4.34. The van der Waals surface area contributed by atoms with E-state index in [1.54, 1.807) is 24.3 Å². The van der Waals surface area contributed by atoms with Crippen LogP contribution >= 0.6 is 0 Å². The maximum atomic E-state index is 10.9. The van der Waals surface area contributed by atoms with Crippen LogP contribution in [0.5, 0.6) is 0 Å². The first-order valence-corrected chi connectivity index (χ1v) is 6.05. The number of rotatable bonds is 2. The number of hydrogen-bond donors (Lipinski definition) is 2. The van der Waals surface area contributed by atoms with E-state index in [0.29, 0.717) is 11.4 Å². The Balaban J connectivity index is 2.25. The van der Waals surface area contributed by atoms with Crippen LogP contribution in [-0.4, -0.2) is 15.1 Å². The molecular formula is C14H12N4O2. The van der Waals surface area contributed by atoms with Crippen LogP contribution in [0.2, 0.25) is 0 Å². The van der Waals surface area contributed by atoms with E-state index in [4.69, 9.17) is 5.73 Å². The molecule has 20 heavy (non-hydrogen) atoms. The Hall–Kier alpha value is -2.89. The normalized spacial score (nSPS) is 10.8. The van der Waals surface area contributed by atoms with E-state index in [1.807, 2.05) is 13.0 Å². The van der Waals surface area contributed by atoms with E-state index in [9.17, 15) is 10.1 Å². The summed E-state index contributed by atoms with van der Waals surface area (Å²) in [5.74, 6) is 0. The molecule has 2 aromatic carbocycles. The van der Waals surface area contributed by atoms with Crippen molar-refractivity contribution < 1.29 is 4.92 Å². The average molecular weight is 268 g/mol. The van der Waals surface area contributed by atoms with Crippen molar-refractivity contribution in [2.24, 2.45) is 0 Å². The second-order valence-corrected chi connectivity index (χ2v) is 4.63. The predicted molar refractivity (Wildman–Crippen MR) is 77.3 cm³/mol. The van der Waals surface area contributed by atoms with Gasteiger partial charge in [-0.1, -0.05) is 6.07 Å². The topological polar surface area (TPSA) is 97.8 Å². The summed E-state index contributed by atoms with van der Waals surface area (Å²) >= 11 is 0. The molecule has 0 saturated carbocycles. The van der Waals surface area contributed by atoms with Crippen molar-refractivity contribution in [3.05, 3.63) is 52.1 Å². The molecule has 3 aromatic rings. The van der Waals surface area contributed by atoms with Gasteiger partial charge in [-0.2, -0.15) is 5.10 Å². The van der Waals surface area contributed by atoms with Gasteiger partial charge in [0.1, 0.15) is 5.69 Å². The summed E-state index contributed by atoms with van der Waals surface area (Å²) in [5, 5.41) is 19.0. The molecule has 3 rings (SSSR count). The minimum absolute atomic E-state index is 0.0530. The smallest absolute Gasteiger partial charge is 0.270 e. The van der Waals surface area contributed by atoms with Crippen molar-refractivity contribution >= 4 is 22.3 Å². The van der Waals surface area contributed by atoms with Crippen LogP contribution in [0.25, 0.3) is 22.2 Å². The van der Waals surface area contributed by atoms with Gasteiger partial charge in [-0.05, 0) is 30.7 Å². The molecule has 0 unspecified atom stereocenters. The summed E-state index contributed by atoms with van der Waals surface area (Å²) in [6.07, 6.45) is 0. The van der Waals surface area contributed by atoms with E-state index in [1.165, 1.54) is 6.07 Å². The SMILES string of the molecule is Cc1ccc([N+](=O)[O-])cc1-c1n[nH]c2cc(N)ccc12. The number of aromatic nitrogens is 2. The second-order valence-electron chi connectivity index (χ2n) is 4.63. The minimum Gasteiger partial charge on any atom is -0.399 e. The Morgan fingerprint density at radius 1 is 1.25 bits per heavy atom. The highest BCUT2D eigenvalue weighted by Gasteiger charge is 2.14. The third-order valence-electron chi connectivity index (χ3n) is 3.27. The van der Waals surface area contributed by atoms with Crippen molar-refractivity contribution in [1.82, 2.24) is 10.2 Å². The molecule has 0 aliphatic carbocycles. The van der Waals surface area contributed by atoms with Gasteiger partial charge < -0.3 is 5.73 Å². The number of hydrogen-bond acceptors (Lipinski definition) is 4. The van der Waals surface area contributed by atoms with Crippen molar-refractivity contribution in [2.45, 2.75) is 6.92 Å². The third-order valence-corrected chi connectivity index (χ3v) is 3.27. The highest BCUT2D eigenvalue weighted by molar-refractivity contribution is 5.95. The van der Waals surface area contributed by atoms with Gasteiger partial charge in [0.2, 0.25) is 0 Å². The van der Waals surface area contributed by atoms with Gasteiger partial charge in [-0.15, -0.1) is 0 Å². The van der Waals surface area contributed by atoms with Crippen LogP contribution in [0.3, 0.4) is 0 Å². The van der Waals surface area contributed by atoms with E-state index in [-0.39, 0.29) is 5.69 Å². The number of benzene rings is 2. The first-order chi connectivity index (χ1) is 9.56. The summed E-state index contributed by atoms with van der Waals surface area (Å²) in [6.45, 7) is 1.90. The number of aromatic amines is 1. The summed E-state index contributed by atoms with van der Waals surface area (Å²) < 4.78 is 0. The van der Waals surface area contributed by atoms with Gasteiger partial charge in [-0.3, -0.25) is 15.2 Å². The monoisotopic (exact) mass is 268 g/mol. The zero-order valence-corrected chi connectivity index (χ0v) is 10.8. The van der Waals surface area contributed by atoms with Gasteiger partial charge >= 0.3 is 0 Å². The fourth-order valence-corrected chi connectivity index (χ4v) is 2.22. The molecule has 0 aliphatic heterocycles. The number of anilines is 1. The fraction of sp³-hybridized carbons (Fsp3) is 0.0714. The molecule has 6 heteroatoms. The lowest BCUT2D eigenvalue weighted by atomic mass is 10.0. The fourth-order valence-electron chi connectivity index (χ4n) is 2.22. The number of non-ortho nitro benzene ring substituents is 1. The molecule has 0 bridgehead atoms. The van der Waals surface area contributed by atoms with Crippen molar-refractivity contribution in [1.29, 1.82) is 0 Å². The van der Waals surface area contributed by atoms with Crippen LogP contribution in [0.1, 0.15) is 5.56 Å². The number of nitrogens with one attached hydrogen (secondary N) is 1. The van der Waals surface area contributed by atoms with Crippen LogP contribution in [-0.2, 0) is 0 Å². The molecule has 0 aliphatic rings. The lowest BCUT2D eigenvalue weighted by molar-refractivity contribution is -0.384. The highest BCUT2D eigenvalue weighted by atomic mass is 16.6. The Morgan fingerprint density at radius 3 is 2.80 bits per heavy atom. The molecule has 0 radical (unpaired) electrons. The quantitative estimate of drug-likeness (QED) is 0.424. The summed E-state index contributed by atoms with van der Waals surface area (Å²) in [5.41, 5.74) is 9.61. The number of nitrogen functional groups attached to an aromatic ring is 1. The maximum Gasteiger partial charge on any atom is 0.270 e. The first kappa shape index (κ1) is 12.2. The number of nitro groups is 1. The van der Waals surface area contributed by atoms with Crippen LogP contribution in [0.4, 0.5) is 11.4 Å². The molecule has 0 fully saturated rings. The molecule has 6 nitrogen and oxygen atoms in total. The third kappa shape index (κ3) is 1.87. The maximum absolute atomic E-state index is 10.9. The summed E-state index contributed by atoms with van der Waals surface area (Å²) in [6, 6.07) is 10.2. The molecule has 0 saturated heterocycles. The molecule has 1 heterocycles. The van der Waals surface area contributed by atoms with Crippen LogP contribution in [0, 0.1) is 17.0 Å². The average Bonchev–Trinajstić information content (AvgIpc) is 2.81. The summed E-state index contributed by atoms with van der Waals surface area (Å²) in [4.78, 5) is 10.5. The van der Waals surface area contributed by atoms with Crippen molar-refractivity contribution in [3.8, 4) is 11.3 Å². The zero-order valence-electron chi connectivity index (χ0n) is 10.8. The lowest BCUT2D eigenvalue weighted by Gasteiger charge is -2.03. The van der Waals surface area contributed by atoms with Crippen molar-refractivity contribution in [2.75, 3.05) is 5.73 Å². The molecule has 3 N–H and O–H groups in total. The predicted octanol–water partition coefficient (Wildman–Crippen LogP) is 3.03. The van der Waals surface area contributed by atoms with Crippen molar-refractivity contribution in [3.63, 3.8) is 0 Å². The van der Waals surface area contributed by atoms with Crippen LogP contribution < -0.4 is 5.73 Å². The Morgan fingerprint density at radius 2 is 2.05 bits per heavy atom. The van der Waals surface area contributed by atoms with E-state index >= 15 is 0 Å². The van der Waals surface area contributed by atoms with Gasteiger partial charge in [0.25, 0.3) is 5.69 Å². The Labute approximate surface area is 114 Å². The Kier molecular flexibility index (Phi) is 2.64. The molecule has 1 aromatic heterocycles. The number of nitrogens with two attached hydrogens (primary N) is 1. The van der Waals surface area contributed by atoms with Gasteiger partial charge in [-0.25, -0.2) is 0 Å². The number of aryl methyl sites for hydroxylation is 1. The number of fused-ring (bicyclic) bond motifs is 1. The number of nitro benzene ring substituents is 1. The zero-order chi connectivity index (χ0) is 14.3. The molecule has 0 spiro atoms. The number of H-pyrrole nitrogens is 1. The first-order valence-electron chi connectivity index (χ1n) is 6.05. The van der Waals surface area contributed by atoms with Gasteiger partial charge in [0.15, 0.2) is 0 Å². The van der Waals surface area contributed by atoms with Gasteiger partial charge in [0.05, 0.1) is 10.4 Å². The van der Waals surface area contributed by atoms with Gasteiger partial charge in [0, 0.05) is 28.8 Å². The van der Waals surface area contributed by atoms with E-state index in [0.717, 1.165) is 22.0 Å². The molecule has 0 atom stereocenters. The minimum atomic E-state index is -0.407. The standard InChI is InChI=1S/C14H12N4O2/c1-8-2-4-10(18(19)20)7-12(8)14-11-5-3-9(15)6-13(11)16-17-14/h2-7H,15H2,1H3,(H,16,17). The van der Waals surface area contributed by atoms with E-state index < -0.39 is 4.92 Å². The van der Waals surface area contributed by atoms with E-state index in [2.05, 4.69) is 10.2 Å². The highest BCUT2D eigenvalue weighted by Crippen LogP contribution is 2.31. The number of nitrogens with zero attached hydrogens (tertiary/aromatic N) is 2. The van der Waals surface area contributed by atoms with Crippen LogP contribution in [0.15, 0.2) is 36.4 Å². The Bertz CT molecular complexity index is 823. The molecular weight excluding hydrogens is 256 g/mol. The largest absolute Gasteiger partial charge is 0.399 e. The molecule has 0 amide bonds.